The summed E-state index contributed by atoms with van der Waals surface area (Å²) in [7, 11) is 0. The van der Waals surface area contributed by atoms with Crippen LogP contribution in [0.5, 0.6) is 0 Å². The van der Waals surface area contributed by atoms with Gasteiger partial charge in [0.1, 0.15) is 10.8 Å². The number of nitrogens with one attached hydrogen (secondary N) is 1. The molecule has 0 aromatic carbocycles. The molecule has 0 aliphatic heterocycles. The number of carboxylic acids is 1. The van der Waals surface area contributed by atoms with E-state index in [1.165, 1.54) is 0 Å². The second-order valence-corrected chi connectivity index (χ2v) is 5.80. The van der Waals surface area contributed by atoms with E-state index in [0.717, 1.165) is 0 Å². The number of carbonyl (C=O) groups is 1. The lowest BCUT2D eigenvalue weighted by Gasteiger charge is -2.25. The Morgan fingerprint density at radius 3 is 2.31 bits per heavy atom. The van der Waals surface area contributed by atoms with E-state index in [-0.39, 0.29) is 0 Å². The summed E-state index contributed by atoms with van der Waals surface area (Å²) in [5.74, 6) is -0.958. The van der Waals surface area contributed by atoms with Gasteiger partial charge < -0.3 is 9.66 Å². The highest BCUT2D eigenvalue weighted by Crippen LogP contribution is 2.14. The molecule has 0 aliphatic carbocycles. The van der Waals surface area contributed by atoms with Crippen LogP contribution in [0.2, 0.25) is 0 Å². The van der Waals surface area contributed by atoms with E-state index in [9.17, 15) is 9.35 Å². The summed E-state index contributed by atoms with van der Waals surface area (Å²) in [4.78, 5) is 10.6. The zero-order chi connectivity index (χ0) is 10.6. The third-order valence-electron chi connectivity index (χ3n) is 1.51. The van der Waals surface area contributed by atoms with Gasteiger partial charge in [0.2, 0.25) is 0 Å². The van der Waals surface area contributed by atoms with Gasteiger partial charge in [-0.25, -0.2) is 0 Å². The van der Waals surface area contributed by atoms with Crippen molar-refractivity contribution in [2.45, 2.75) is 44.9 Å². The fraction of sp³-hybridized carbons (Fsp3) is 0.875. The molecular weight excluding hydrogens is 190 g/mol. The van der Waals surface area contributed by atoms with Crippen LogP contribution in [0.1, 0.15) is 34.1 Å². The minimum Gasteiger partial charge on any atom is -0.598 e. The van der Waals surface area contributed by atoms with Gasteiger partial charge in [-0.3, -0.25) is 4.79 Å². The molecule has 0 radical (unpaired) electrons. The normalized spacial score (nSPS) is 16.7. The van der Waals surface area contributed by atoms with Crippen LogP contribution in [0.3, 0.4) is 0 Å². The first-order valence-electron chi connectivity index (χ1n) is 4.20. The Labute approximate surface area is 82.0 Å². The quantitative estimate of drug-likeness (QED) is 0.672. The Balaban J connectivity index is 4.17. The smallest absolute Gasteiger partial charge is 0.325 e. The number of hydrogen-bond acceptors (Lipinski definition) is 3. The van der Waals surface area contributed by atoms with Gasteiger partial charge in [-0.2, -0.15) is 0 Å². The van der Waals surface area contributed by atoms with Crippen molar-refractivity contribution in [3.63, 3.8) is 0 Å². The second-order valence-electron chi connectivity index (χ2n) is 3.80. The SMILES string of the molecule is CCC(N[S+]([O-])C(C)(C)C)C(=O)O. The Bertz CT molecular complexity index is 179. The molecule has 78 valence electrons. The number of rotatable bonds is 4. The summed E-state index contributed by atoms with van der Waals surface area (Å²) in [5.41, 5.74) is 0. The minimum absolute atomic E-state index is 0.428. The summed E-state index contributed by atoms with van der Waals surface area (Å²) < 4.78 is 13.6. The van der Waals surface area contributed by atoms with E-state index in [2.05, 4.69) is 4.72 Å². The number of hydrogen-bond donors (Lipinski definition) is 2. The largest absolute Gasteiger partial charge is 0.598 e. The lowest BCUT2D eigenvalue weighted by Crippen LogP contribution is -2.47. The van der Waals surface area contributed by atoms with Gasteiger partial charge in [-0.05, 0) is 27.2 Å². The maximum absolute atomic E-state index is 11.5. The van der Waals surface area contributed by atoms with Crippen molar-refractivity contribution in [2.24, 2.45) is 0 Å². The molecule has 2 N–H and O–H groups in total. The predicted octanol–water partition coefficient (Wildman–Crippen LogP) is 0.901. The monoisotopic (exact) mass is 207 g/mol. The van der Waals surface area contributed by atoms with Gasteiger partial charge in [-0.15, -0.1) is 4.72 Å². The highest BCUT2D eigenvalue weighted by molar-refractivity contribution is 7.90. The molecule has 0 aliphatic rings. The van der Waals surface area contributed by atoms with Gasteiger partial charge in [-0.1, -0.05) is 6.92 Å². The molecule has 0 rings (SSSR count). The molecule has 5 heteroatoms. The van der Waals surface area contributed by atoms with Crippen LogP contribution in [0, 0.1) is 0 Å². The van der Waals surface area contributed by atoms with Crippen molar-refractivity contribution in [1.29, 1.82) is 0 Å². The summed E-state index contributed by atoms with van der Waals surface area (Å²) in [5, 5.41) is 8.69. The van der Waals surface area contributed by atoms with Crippen molar-refractivity contribution >= 4 is 17.3 Å². The summed E-state index contributed by atoms with van der Waals surface area (Å²) in [6, 6.07) is -0.722. The molecule has 0 aromatic heterocycles. The molecule has 0 spiro atoms. The van der Waals surface area contributed by atoms with Crippen molar-refractivity contribution < 1.29 is 14.5 Å². The Morgan fingerprint density at radius 1 is 1.62 bits per heavy atom. The zero-order valence-electron chi connectivity index (χ0n) is 8.46. The van der Waals surface area contributed by atoms with E-state index in [4.69, 9.17) is 5.11 Å². The first kappa shape index (κ1) is 12.7. The van der Waals surface area contributed by atoms with Gasteiger partial charge in [0, 0.05) is 11.4 Å². The predicted molar refractivity (Wildman–Crippen MR) is 52.7 cm³/mol. The van der Waals surface area contributed by atoms with E-state index in [1.54, 1.807) is 27.7 Å². The Kier molecular flexibility index (Phi) is 4.74. The van der Waals surface area contributed by atoms with E-state index < -0.39 is 28.1 Å². The molecule has 0 aromatic rings. The van der Waals surface area contributed by atoms with E-state index in [1.807, 2.05) is 0 Å². The van der Waals surface area contributed by atoms with Crippen LogP contribution in [-0.2, 0) is 16.2 Å². The molecule has 0 saturated heterocycles. The average molecular weight is 207 g/mol. The Morgan fingerprint density at radius 2 is 2.08 bits per heavy atom. The fourth-order valence-corrected chi connectivity index (χ4v) is 1.49. The van der Waals surface area contributed by atoms with Crippen LogP contribution in [0.15, 0.2) is 0 Å². The first-order chi connectivity index (χ1) is 5.79. The van der Waals surface area contributed by atoms with Crippen molar-refractivity contribution in [3.05, 3.63) is 0 Å². The molecule has 0 heterocycles. The fourth-order valence-electron chi connectivity index (χ4n) is 0.614. The molecule has 13 heavy (non-hydrogen) atoms. The van der Waals surface area contributed by atoms with E-state index >= 15 is 0 Å². The third-order valence-corrected chi connectivity index (χ3v) is 3.12. The molecule has 2 unspecified atom stereocenters. The van der Waals surface area contributed by atoms with Crippen molar-refractivity contribution in [2.75, 3.05) is 0 Å². The highest BCUT2D eigenvalue weighted by Gasteiger charge is 2.30. The molecule has 4 nitrogen and oxygen atoms in total. The summed E-state index contributed by atoms with van der Waals surface area (Å²) in [6.45, 7) is 7.13. The minimum atomic E-state index is -1.32. The van der Waals surface area contributed by atoms with Gasteiger partial charge in [0.05, 0.1) is 0 Å². The van der Waals surface area contributed by atoms with Crippen LogP contribution in [0.25, 0.3) is 0 Å². The maximum Gasteiger partial charge on any atom is 0.325 e. The van der Waals surface area contributed by atoms with Gasteiger partial charge >= 0.3 is 5.97 Å². The van der Waals surface area contributed by atoms with Gasteiger partial charge in [0.25, 0.3) is 0 Å². The molecule has 2 atom stereocenters. The van der Waals surface area contributed by atoms with E-state index in [0.29, 0.717) is 6.42 Å². The molecule has 0 bridgehead atoms. The standard InChI is InChI=1S/C8H17NO3S/c1-5-6(7(10)11)9-13(12)8(2,3)4/h6,9H,5H2,1-4H3,(H,10,11). The zero-order valence-corrected chi connectivity index (χ0v) is 9.27. The molecule has 0 fully saturated rings. The average Bonchev–Trinajstić information content (AvgIpc) is 1.96. The van der Waals surface area contributed by atoms with Crippen molar-refractivity contribution in [1.82, 2.24) is 4.72 Å². The lowest BCUT2D eigenvalue weighted by molar-refractivity contribution is -0.139. The highest BCUT2D eigenvalue weighted by atomic mass is 32.2. The number of aliphatic carboxylic acids is 1. The Hall–Kier alpha value is -0.260. The third kappa shape index (κ3) is 4.50. The maximum atomic E-state index is 11.5. The van der Waals surface area contributed by atoms with Crippen molar-refractivity contribution in [3.8, 4) is 0 Å². The number of carboxylic acid groups (broad SMARTS) is 1. The van der Waals surface area contributed by atoms with Crippen LogP contribution < -0.4 is 4.72 Å². The molecular formula is C8H17NO3S. The van der Waals surface area contributed by atoms with Crippen LogP contribution >= 0.6 is 0 Å². The molecule has 0 saturated carbocycles. The topological polar surface area (TPSA) is 72.4 Å². The molecule has 0 amide bonds. The van der Waals surface area contributed by atoms with Crippen LogP contribution in [-0.4, -0.2) is 26.4 Å². The lowest BCUT2D eigenvalue weighted by atomic mass is 10.2. The van der Waals surface area contributed by atoms with Crippen LogP contribution in [0.4, 0.5) is 0 Å². The summed E-state index contributed by atoms with van der Waals surface area (Å²) >= 11 is -1.32. The first-order valence-corrected chi connectivity index (χ1v) is 5.35. The summed E-state index contributed by atoms with van der Waals surface area (Å²) in [6.07, 6.45) is 0.428. The second kappa shape index (κ2) is 4.83. The van der Waals surface area contributed by atoms with Gasteiger partial charge in [0.15, 0.2) is 0 Å².